The Morgan fingerprint density at radius 1 is 1.50 bits per heavy atom. The summed E-state index contributed by atoms with van der Waals surface area (Å²) in [4.78, 5) is 2.11. The lowest BCUT2D eigenvalue weighted by Crippen LogP contribution is -2.42. The number of unbranched alkanes of at least 4 members (excludes halogenated alkanes) is 1. The van der Waals surface area contributed by atoms with Crippen LogP contribution in [-0.2, 0) is 0 Å². The third kappa shape index (κ3) is 3.90. The van der Waals surface area contributed by atoms with Gasteiger partial charge < -0.3 is 10.6 Å². The van der Waals surface area contributed by atoms with E-state index in [-0.39, 0.29) is 0 Å². The summed E-state index contributed by atoms with van der Waals surface area (Å²) in [6.07, 6.45) is 3.46. The van der Waals surface area contributed by atoms with E-state index in [0.717, 1.165) is 13.0 Å². The molecule has 3 heteroatoms. The van der Waals surface area contributed by atoms with Crippen LogP contribution in [0.1, 0.15) is 40.0 Å². The first kappa shape index (κ1) is 11.7. The molecule has 1 atom stereocenters. The maximum absolute atomic E-state index is 5.61. The second kappa shape index (κ2) is 6.23. The van der Waals surface area contributed by atoms with Gasteiger partial charge in [-0.15, -0.1) is 0 Å². The molecule has 0 saturated carbocycles. The highest BCUT2D eigenvalue weighted by molar-refractivity contribution is 7.80. The average molecular weight is 188 g/mol. The second-order valence-electron chi connectivity index (χ2n) is 3.14. The summed E-state index contributed by atoms with van der Waals surface area (Å²) < 4.78 is 0. The van der Waals surface area contributed by atoms with Crippen LogP contribution in [0.5, 0.6) is 0 Å². The zero-order valence-electron chi connectivity index (χ0n) is 8.34. The van der Waals surface area contributed by atoms with E-state index in [0.29, 0.717) is 11.2 Å². The molecule has 0 aliphatic heterocycles. The molecular formula is C9H20N2S. The molecule has 2 nitrogen and oxygen atoms in total. The monoisotopic (exact) mass is 188 g/mol. The number of hydrogen-bond acceptors (Lipinski definition) is 1. The van der Waals surface area contributed by atoms with E-state index >= 15 is 0 Å². The van der Waals surface area contributed by atoms with Crippen molar-refractivity contribution in [2.75, 3.05) is 6.54 Å². The lowest BCUT2D eigenvalue weighted by atomic mass is 10.2. The largest absolute Gasteiger partial charge is 0.376 e. The molecule has 0 rings (SSSR count). The van der Waals surface area contributed by atoms with Crippen molar-refractivity contribution in [1.82, 2.24) is 4.90 Å². The first-order valence-corrected chi connectivity index (χ1v) is 5.10. The number of hydrogen-bond donors (Lipinski definition) is 1. The van der Waals surface area contributed by atoms with Gasteiger partial charge in [-0.1, -0.05) is 20.3 Å². The third-order valence-corrected chi connectivity index (χ3v) is 2.39. The van der Waals surface area contributed by atoms with Crippen LogP contribution >= 0.6 is 12.2 Å². The Labute approximate surface area is 81.1 Å². The van der Waals surface area contributed by atoms with Crippen molar-refractivity contribution in [3.8, 4) is 0 Å². The van der Waals surface area contributed by atoms with Crippen LogP contribution in [0.4, 0.5) is 0 Å². The van der Waals surface area contributed by atoms with Crippen LogP contribution in [0.15, 0.2) is 0 Å². The summed E-state index contributed by atoms with van der Waals surface area (Å²) in [6, 6.07) is 0.481. The predicted octanol–water partition coefficient (Wildman–Crippen LogP) is 2.13. The van der Waals surface area contributed by atoms with Crippen LogP contribution in [0.25, 0.3) is 0 Å². The highest BCUT2D eigenvalue weighted by Crippen LogP contribution is 2.04. The van der Waals surface area contributed by atoms with E-state index in [2.05, 4.69) is 25.7 Å². The summed E-state index contributed by atoms with van der Waals surface area (Å²) in [5, 5.41) is 0.540. The summed E-state index contributed by atoms with van der Waals surface area (Å²) >= 11 is 4.98. The fraction of sp³-hybridized carbons (Fsp3) is 0.889. The minimum Gasteiger partial charge on any atom is -0.376 e. The Morgan fingerprint density at radius 3 is 2.42 bits per heavy atom. The Kier molecular flexibility index (Phi) is 6.07. The maximum atomic E-state index is 5.61. The number of rotatable bonds is 5. The minimum atomic E-state index is 0.481. The van der Waals surface area contributed by atoms with Crippen LogP contribution in [-0.4, -0.2) is 22.6 Å². The Hall–Kier alpha value is -0.310. The van der Waals surface area contributed by atoms with Crippen molar-refractivity contribution in [3.63, 3.8) is 0 Å². The van der Waals surface area contributed by atoms with E-state index in [1.165, 1.54) is 12.8 Å². The molecule has 0 aliphatic rings. The normalized spacial score (nSPS) is 12.6. The molecule has 2 N–H and O–H groups in total. The van der Waals surface area contributed by atoms with Gasteiger partial charge in [-0.25, -0.2) is 0 Å². The highest BCUT2D eigenvalue weighted by atomic mass is 32.1. The molecule has 1 unspecified atom stereocenters. The molecule has 0 amide bonds. The zero-order valence-corrected chi connectivity index (χ0v) is 9.16. The maximum Gasteiger partial charge on any atom is 0.166 e. The van der Waals surface area contributed by atoms with Crippen LogP contribution in [0.3, 0.4) is 0 Å². The summed E-state index contributed by atoms with van der Waals surface area (Å²) in [6.45, 7) is 7.49. The summed E-state index contributed by atoms with van der Waals surface area (Å²) in [5.41, 5.74) is 5.61. The molecule has 0 aromatic rings. The molecule has 0 bridgehead atoms. The van der Waals surface area contributed by atoms with Gasteiger partial charge in [-0.05, 0) is 32.0 Å². The summed E-state index contributed by atoms with van der Waals surface area (Å²) in [7, 11) is 0. The molecule has 0 aliphatic carbocycles. The predicted molar refractivity (Wildman–Crippen MR) is 58.2 cm³/mol. The molecule has 12 heavy (non-hydrogen) atoms. The van der Waals surface area contributed by atoms with Crippen LogP contribution in [0.2, 0.25) is 0 Å². The number of nitrogens with zero attached hydrogens (tertiary/aromatic N) is 1. The Bertz CT molecular complexity index is 136. The first-order valence-electron chi connectivity index (χ1n) is 4.69. The van der Waals surface area contributed by atoms with Crippen molar-refractivity contribution < 1.29 is 0 Å². The summed E-state index contributed by atoms with van der Waals surface area (Å²) in [5.74, 6) is 0. The molecule has 72 valence electrons. The fourth-order valence-electron chi connectivity index (χ4n) is 1.10. The van der Waals surface area contributed by atoms with Crippen molar-refractivity contribution in [1.29, 1.82) is 0 Å². The molecular weight excluding hydrogens is 168 g/mol. The van der Waals surface area contributed by atoms with E-state index in [1.807, 2.05) is 0 Å². The van der Waals surface area contributed by atoms with Crippen LogP contribution < -0.4 is 5.73 Å². The molecule has 0 heterocycles. The van der Waals surface area contributed by atoms with Gasteiger partial charge in [0, 0.05) is 12.6 Å². The van der Waals surface area contributed by atoms with Gasteiger partial charge in [0.2, 0.25) is 0 Å². The third-order valence-electron chi connectivity index (χ3n) is 2.16. The van der Waals surface area contributed by atoms with Crippen molar-refractivity contribution >= 4 is 17.3 Å². The molecule has 0 fully saturated rings. The van der Waals surface area contributed by atoms with E-state index in [1.54, 1.807) is 0 Å². The van der Waals surface area contributed by atoms with Crippen LogP contribution in [0, 0.1) is 0 Å². The molecule has 0 radical (unpaired) electrons. The fourth-order valence-corrected chi connectivity index (χ4v) is 1.37. The Morgan fingerprint density at radius 2 is 2.08 bits per heavy atom. The second-order valence-corrected chi connectivity index (χ2v) is 3.56. The van der Waals surface area contributed by atoms with Gasteiger partial charge in [0.15, 0.2) is 5.11 Å². The number of nitrogens with two attached hydrogens (primary N) is 1. The van der Waals surface area contributed by atoms with Gasteiger partial charge in [0.25, 0.3) is 0 Å². The molecule has 0 aromatic carbocycles. The molecule has 0 saturated heterocycles. The van der Waals surface area contributed by atoms with Gasteiger partial charge in [-0.2, -0.15) is 0 Å². The lowest BCUT2D eigenvalue weighted by molar-refractivity contribution is 0.319. The van der Waals surface area contributed by atoms with Crippen molar-refractivity contribution in [2.45, 2.75) is 46.1 Å². The molecule has 0 aromatic heterocycles. The first-order chi connectivity index (χ1) is 5.63. The smallest absolute Gasteiger partial charge is 0.166 e. The van der Waals surface area contributed by atoms with Gasteiger partial charge >= 0.3 is 0 Å². The SMILES string of the molecule is CCCCN(C(N)=S)C(C)CC. The van der Waals surface area contributed by atoms with E-state index < -0.39 is 0 Å². The number of thiocarbonyl (C=S) groups is 1. The lowest BCUT2D eigenvalue weighted by Gasteiger charge is -2.28. The van der Waals surface area contributed by atoms with E-state index in [9.17, 15) is 0 Å². The minimum absolute atomic E-state index is 0.481. The van der Waals surface area contributed by atoms with E-state index in [4.69, 9.17) is 18.0 Å². The van der Waals surface area contributed by atoms with Gasteiger partial charge in [0.1, 0.15) is 0 Å². The topological polar surface area (TPSA) is 29.3 Å². The van der Waals surface area contributed by atoms with Crippen molar-refractivity contribution in [3.05, 3.63) is 0 Å². The quantitative estimate of drug-likeness (QED) is 0.670. The highest BCUT2D eigenvalue weighted by Gasteiger charge is 2.11. The standard InChI is InChI=1S/C9H20N2S/c1-4-6-7-11(9(10)12)8(3)5-2/h8H,4-7H2,1-3H3,(H2,10,12). The van der Waals surface area contributed by atoms with Crippen molar-refractivity contribution in [2.24, 2.45) is 5.73 Å². The van der Waals surface area contributed by atoms with Gasteiger partial charge in [-0.3, -0.25) is 0 Å². The zero-order chi connectivity index (χ0) is 9.56. The average Bonchev–Trinajstić information content (AvgIpc) is 2.04. The molecule has 0 spiro atoms. The Balaban J connectivity index is 3.94. The van der Waals surface area contributed by atoms with Gasteiger partial charge in [0.05, 0.1) is 0 Å².